The number of nitrogens with zero attached hydrogens (tertiary/aromatic N) is 3. The molecule has 1 rings (SSSR count). The summed E-state index contributed by atoms with van der Waals surface area (Å²) in [7, 11) is 0. The maximum atomic E-state index is 10.5. The number of nitro groups is 1. The highest BCUT2D eigenvalue weighted by molar-refractivity contribution is 8.31. The number of rotatable bonds is 6. The predicted octanol–water partition coefficient (Wildman–Crippen LogP) is 4.18. The number of nitro benzene ring substituents is 1. The first-order chi connectivity index (χ1) is 9.19. The lowest BCUT2D eigenvalue weighted by Gasteiger charge is -2.11. The van der Waals surface area contributed by atoms with Crippen LogP contribution in [0.2, 0.25) is 0 Å². The molecule has 0 bridgehead atoms. The zero-order valence-electron chi connectivity index (χ0n) is 9.80. The van der Waals surface area contributed by atoms with Crippen molar-refractivity contribution in [2.75, 3.05) is 0 Å². The molecule has 11 heteroatoms. The first-order valence-corrected chi connectivity index (χ1v) is 9.65. The minimum absolute atomic E-state index is 0.0952. The number of halogens is 3. The zero-order chi connectivity index (χ0) is 15.3. The smallest absolute Gasteiger partial charge is 0.388 e. The van der Waals surface area contributed by atoms with Crippen LogP contribution in [0.25, 0.3) is 0 Å². The lowest BCUT2D eigenvalue weighted by molar-refractivity contribution is -0.384. The third-order valence-electron chi connectivity index (χ3n) is 2.21. The molecule has 2 N–H and O–H groups in total. The first kappa shape index (κ1) is 17.5. The van der Waals surface area contributed by atoms with Crippen LogP contribution in [0.4, 0.5) is 5.69 Å². The van der Waals surface area contributed by atoms with Crippen LogP contribution < -0.4 is 0 Å². The molecule has 0 aromatic heterocycles. The molecule has 7 nitrogen and oxygen atoms in total. The molecule has 0 radical (unpaired) electrons. The summed E-state index contributed by atoms with van der Waals surface area (Å²) in [6.07, 6.45) is -2.58. The molecular weight excluding hydrogens is 351 g/mol. The second-order valence-corrected chi connectivity index (χ2v) is 10.7. The first-order valence-electron chi connectivity index (χ1n) is 5.20. The summed E-state index contributed by atoms with van der Waals surface area (Å²) in [5.41, 5.74) is -2.74. The van der Waals surface area contributed by atoms with Gasteiger partial charge >= 0.3 is 5.47 Å². The largest absolute Gasteiger partial charge is 0.444 e. The van der Waals surface area contributed by atoms with E-state index in [0.29, 0.717) is 5.56 Å². The Balaban J connectivity index is 2.64. The van der Waals surface area contributed by atoms with E-state index in [1.807, 2.05) is 0 Å². The van der Waals surface area contributed by atoms with E-state index in [2.05, 4.69) is 10.00 Å². The average molecular weight is 362 g/mol. The van der Waals surface area contributed by atoms with Crippen molar-refractivity contribution in [3.05, 3.63) is 39.9 Å². The van der Waals surface area contributed by atoms with E-state index in [1.54, 1.807) is 0 Å². The third kappa shape index (κ3) is 6.26. The van der Waals surface area contributed by atoms with Crippen molar-refractivity contribution >= 4 is 44.9 Å². The quantitative estimate of drug-likeness (QED) is 0.343. The van der Waals surface area contributed by atoms with E-state index in [1.165, 1.54) is 24.3 Å². The second-order valence-electron chi connectivity index (χ2n) is 3.70. The van der Waals surface area contributed by atoms with Crippen molar-refractivity contribution in [1.82, 2.24) is 0 Å². The van der Waals surface area contributed by atoms with Crippen molar-refractivity contribution in [1.29, 1.82) is 0 Å². The monoisotopic (exact) mass is 360 g/mol. The Labute approximate surface area is 129 Å². The van der Waals surface area contributed by atoms with Gasteiger partial charge in [0, 0.05) is 23.4 Å². The van der Waals surface area contributed by atoms with Crippen LogP contribution in [0.15, 0.2) is 34.3 Å². The molecule has 2 atom stereocenters. The van der Waals surface area contributed by atoms with Crippen LogP contribution in [0.1, 0.15) is 18.1 Å². The summed E-state index contributed by atoms with van der Waals surface area (Å²) in [5, 5.41) is 33.2. The fourth-order valence-electron chi connectivity index (χ4n) is 1.32. The molecular formula is C9H10Cl3N3O4P+. The second kappa shape index (κ2) is 7.45. The number of aliphatic hydroxyl groups is 2. The van der Waals surface area contributed by atoms with Gasteiger partial charge in [-0.25, -0.2) is 0 Å². The summed E-state index contributed by atoms with van der Waals surface area (Å²) < 4.78 is 0. The van der Waals surface area contributed by atoms with Crippen molar-refractivity contribution in [2.24, 2.45) is 10.00 Å². The fraction of sp³-hybridized carbons (Fsp3) is 0.333. The van der Waals surface area contributed by atoms with Crippen molar-refractivity contribution < 1.29 is 15.1 Å². The minimum Gasteiger partial charge on any atom is -0.388 e. The van der Waals surface area contributed by atoms with E-state index in [-0.39, 0.29) is 12.1 Å². The molecule has 2 unspecified atom stereocenters. The van der Waals surface area contributed by atoms with Crippen LogP contribution in [-0.2, 0) is 0 Å². The van der Waals surface area contributed by atoms with Gasteiger partial charge in [0.25, 0.3) is 5.69 Å². The van der Waals surface area contributed by atoms with Gasteiger partial charge in [0.05, 0.1) is 11.0 Å². The summed E-state index contributed by atoms with van der Waals surface area (Å²) in [6, 6.07) is 5.27. The maximum Gasteiger partial charge on any atom is 0.444 e. The average Bonchev–Trinajstić information content (AvgIpc) is 2.35. The number of non-ortho nitro benzene ring substituents is 1. The molecule has 0 aliphatic heterocycles. The Morgan fingerprint density at radius 1 is 1.25 bits per heavy atom. The molecule has 1 aromatic rings. The molecule has 110 valence electrons. The van der Waals surface area contributed by atoms with Crippen LogP contribution in [0, 0.1) is 10.1 Å². The van der Waals surface area contributed by atoms with Gasteiger partial charge in [-0.2, -0.15) is 0 Å². The van der Waals surface area contributed by atoms with Crippen molar-refractivity contribution in [3.63, 3.8) is 0 Å². The van der Waals surface area contributed by atoms with Gasteiger partial charge in [0.1, 0.15) is 0 Å². The molecule has 0 spiro atoms. The SMILES string of the molecule is O=[N+]([O-])c1ccc(C(O)CC(O)N=N[P+](Cl)(Cl)Cl)cc1. The van der Waals surface area contributed by atoms with E-state index in [4.69, 9.17) is 33.7 Å². The van der Waals surface area contributed by atoms with Gasteiger partial charge in [-0.15, -0.1) is 5.11 Å². The Bertz CT molecular complexity index is 494. The highest BCUT2D eigenvalue weighted by Gasteiger charge is 2.34. The Morgan fingerprint density at radius 2 is 1.80 bits per heavy atom. The highest BCUT2D eigenvalue weighted by Crippen LogP contribution is 2.75. The minimum atomic E-state index is -3.04. The summed E-state index contributed by atoms with van der Waals surface area (Å²) in [5.74, 6) is 0. The third-order valence-corrected chi connectivity index (χ3v) is 3.12. The molecule has 0 fully saturated rings. The number of hydrogen-bond acceptors (Lipinski definition) is 6. The van der Waals surface area contributed by atoms with Crippen LogP contribution in [0.5, 0.6) is 0 Å². The van der Waals surface area contributed by atoms with E-state index < -0.39 is 22.7 Å². The zero-order valence-corrected chi connectivity index (χ0v) is 13.0. The fourth-order valence-corrected chi connectivity index (χ4v) is 1.91. The molecule has 0 aliphatic rings. The van der Waals surface area contributed by atoms with Gasteiger partial charge in [-0.05, 0) is 17.7 Å². The molecule has 0 heterocycles. The normalized spacial score (nSPS) is 15.2. The molecule has 0 saturated heterocycles. The van der Waals surface area contributed by atoms with Crippen LogP contribution >= 0.6 is 39.2 Å². The lowest BCUT2D eigenvalue weighted by atomic mass is 10.1. The maximum absolute atomic E-state index is 10.5. The van der Waals surface area contributed by atoms with Gasteiger partial charge in [0.2, 0.25) is 0 Å². The number of benzene rings is 1. The van der Waals surface area contributed by atoms with E-state index in [9.17, 15) is 20.3 Å². The number of aliphatic hydroxyl groups excluding tert-OH is 2. The standard InChI is InChI=1S/C9H10Cl3N3O4P/c10-20(11,12)14-13-9(17)5-8(16)6-1-3-7(4-2-6)15(18)19/h1-4,8-9,16-17H,5H2/q+1. The van der Waals surface area contributed by atoms with E-state index >= 15 is 0 Å². The van der Waals surface area contributed by atoms with Crippen molar-refractivity contribution in [3.8, 4) is 0 Å². The molecule has 0 aliphatic carbocycles. The summed E-state index contributed by atoms with van der Waals surface area (Å²) in [6.45, 7) is 0. The molecule has 0 amide bonds. The predicted molar refractivity (Wildman–Crippen MR) is 78.0 cm³/mol. The van der Waals surface area contributed by atoms with E-state index in [0.717, 1.165) is 0 Å². The molecule has 20 heavy (non-hydrogen) atoms. The Morgan fingerprint density at radius 3 is 2.25 bits per heavy atom. The Kier molecular flexibility index (Phi) is 6.51. The summed E-state index contributed by atoms with van der Waals surface area (Å²) in [4.78, 5) is 13.3. The molecule has 0 saturated carbocycles. The molecule has 1 aromatic carbocycles. The van der Waals surface area contributed by atoms with Crippen LogP contribution in [0.3, 0.4) is 0 Å². The number of hydrogen-bond donors (Lipinski definition) is 2. The van der Waals surface area contributed by atoms with Gasteiger partial charge in [-0.3, -0.25) is 10.1 Å². The van der Waals surface area contributed by atoms with Gasteiger partial charge in [-0.1, -0.05) is 0 Å². The van der Waals surface area contributed by atoms with Gasteiger partial charge < -0.3 is 10.2 Å². The van der Waals surface area contributed by atoms with Crippen molar-refractivity contribution in [2.45, 2.75) is 18.8 Å². The highest BCUT2D eigenvalue weighted by atomic mass is 36.1. The van der Waals surface area contributed by atoms with Crippen LogP contribution in [-0.4, -0.2) is 21.4 Å². The Hall–Kier alpha value is -0.560. The lowest BCUT2D eigenvalue weighted by Crippen LogP contribution is -2.09. The topological polar surface area (TPSA) is 108 Å². The summed E-state index contributed by atoms with van der Waals surface area (Å²) >= 11 is 16.3. The van der Waals surface area contributed by atoms with Gasteiger partial charge in [0.15, 0.2) is 40.0 Å².